The number of carbonyl (C=O) groups is 1. The standard InChI is InChI=1S/C21H28N2O3S/c1-16-10-14-20(15-11-16)23(27(4,25)26)18(3)21(24)22-17(2)12-13-19-8-6-5-7-9-19/h5-11,14-15,17-18H,12-13H2,1-4H3,(H,22,24). The zero-order valence-electron chi connectivity index (χ0n) is 16.3. The number of sulfonamides is 1. The monoisotopic (exact) mass is 388 g/mol. The Morgan fingerprint density at radius 1 is 1.04 bits per heavy atom. The van der Waals surface area contributed by atoms with Crippen LogP contribution in [0.15, 0.2) is 54.6 Å². The number of nitrogens with zero attached hydrogens (tertiary/aromatic N) is 1. The third kappa shape index (κ3) is 6.10. The van der Waals surface area contributed by atoms with E-state index in [1.807, 2.05) is 44.2 Å². The first kappa shape index (κ1) is 21.0. The molecule has 2 unspecified atom stereocenters. The van der Waals surface area contributed by atoms with Crippen molar-refractivity contribution in [3.8, 4) is 0 Å². The van der Waals surface area contributed by atoms with Crippen molar-refractivity contribution in [2.24, 2.45) is 0 Å². The van der Waals surface area contributed by atoms with Crippen molar-refractivity contribution < 1.29 is 13.2 Å². The summed E-state index contributed by atoms with van der Waals surface area (Å²) in [4.78, 5) is 12.7. The zero-order chi connectivity index (χ0) is 20.0. The number of carbonyl (C=O) groups excluding carboxylic acids is 1. The predicted molar refractivity (Wildman–Crippen MR) is 110 cm³/mol. The third-order valence-electron chi connectivity index (χ3n) is 4.47. The van der Waals surface area contributed by atoms with Crippen molar-refractivity contribution in [1.82, 2.24) is 5.32 Å². The first-order valence-corrected chi connectivity index (χ1v) is 10.9. The van der Waals surface area contributed by atoms with Gasteiger partial charge in [-0.1, -0.05) is 48.0 Å². The molecule has 27 heavy (non-hydrogen) atoms. The van der Waals surface area contributed by atoms with Crippen LogP contribution in [-0.2, 0) is 21.2 Å². The number of amides is 1. The first-order valence-electron chi connectivity index (χ1n) is 9.09. The second-order valence-electron chi connectivity index (χ2n) is 7.00. The summed E-state index contributed by atoms with van der Waals surface area (Å²) in [5, 5.41) is 2.94. The maximum Gasteiger partial charge on any atom is 0.243 e. The minimum atomic E-state index is -3.59. The number of rotatable bonds is 8. The fourth-order valence-corrected chi connectivity index (χ4v) is 4.14. The van der Waals surface area contributed by atoms with Gasteiger partial charge < -0.3 is 5.32 Å². The van der Waals surface area contributed by atoms with E-state index in [4.69, 9.17) is 0 Å². The highest BCUT2D eigenvalue weighted by Gasteiger charge is 2.29. The molecule has 0 aliphatic rings. The summed E-state index contributed by atoms with van der Waals surface area (Å²) in [7, 11) is -3.59. The van der Waals surface area contributed by atoms with Gasteiger partial charge in [0.25, 0.3) is 0 Å². The number of aryl methyl sites for hydroxylation is 2. The van der Waals surface area contributed by atoms with Gasteiger partial charge in [-0.05, 0) is 51.3 Å². The first-order chi connectivity index (χ1) is 12.7. The van der Waals surface area contributed by atoms with Crippen molar-refractivity contribution >= 4 is 21.6 Å². The molecule has 0 aliphatic carbocycles. The Morgan fingerprint density at radius 2 is 1.63 bits per heavy atom. The molecule has 2 atom stereocenters. The highest BCUT2D eigenvalue weighted by molar-refractivity contribution is 7.92. The van der Waals surface area contributed by atoms with E-state index in [2.05, 4.69) is 17.4 Å². The molecule has 1 amide bonds. The van der Waals surface area contributed by atoms with Crippen LogP contribution in [0, 0.1) is 6.92 Å². The molecule has 146 valence electrons. The van der Waals surface area contributed by atoms with Crippen LogP contribution in [0.5, 0.6) is 0 Å². The molecule has 0 saturated heterocycles. The van der Waals surface area contributed by atoms with Crippen molar-refractivity contribution in [2.45, 2.75) is 45.7 Å². The molecule has 2 aromatic rings. The lowest BCUT2D eigenvalue weighted by Gasteiger charge is -2.29. The maximum atomic E-state index is 12.7. The van der Waals surface area contributed by atoms with E-state index in [0.717, 1.165) is 24.7 Å². The molecule has 0 aliphatic heterocycles. The lowest BCUT2D eigenvalue weighted by atomic mass is 10.1. The number of nitrogens with one attached hydrogen (secondary N) is 1. The van der Waals surface area contributed by atoms with E-state index in [9.17, 15) is 13.2 Å². The molecular formula is C21H28N2O3S. The third-order valence-corrected chi connectivity index (χ3v) is 5.72. The van der Waals surface area contributed by atoms with Crippen LogP contribution in [0.2, 0.25) is 0 Å². The minimum Gasteiger partial charge on any atom is -0.352 e. The Bertz CT molecular complexity index is 849. The number of anilines is 1. The average Bonchev–Trinajstić information content (AvgIpc) is 2.61. The van der Waals surface area contributed by atoms with Crippen LogP contribution in [0.3, 0.4) is 0 Å². The van der Waals surface area contributed by atoms with Gasteiger partial charge >= 0.3 is 0 Å². The molecule has 0 fully saturated rings. The van der Waals surface area contributed by atoms with Crippen molar-refractivity contribution in [2.75, 3.05) is 10.6 Å². The largest absolute Gasteiger partial charge is 0.352 e. The van der Waals surface area contributed by atoms with Crippen molar-refractivity contribution in [1.29, 1.82) is 0 Å². The van der Waals surface area contributed by atoms with Gasteiger partial charge in [-0.15, -0.1) is 0 Å². The van der Waals surface area contributed by atoms with E-state index in [0.29, 0.717) is 5.69 Å². The summed E-state index contributed by atoms with van der Waals surface area (Å²) in [6, 6.07) is 16.3. The van der Waals surface area contributed by atoms with E-state index in [1.165, 1.54) is 9.87 Å². The van der Waals surface area contributed by atoms with Gasteiger partial charge in [0.2, 0.25) is 15.9 Å². The summed E-state index contributed by atoms with van der Waals surface area (Å²) in [6.45, 7) is 5.48. The summed E-state index contributed by atoms with van der Waals surface area (Å²) in [5.74, 6) is -0.304. The average molecular weight is 389 g/mol. The van der Waals surface area contributed by atoms with Crippen LogP contribution < -0.4 is 9.62 Å². The second-order valence-corrected chi connectivity index (χ2v) is 8.86. The molecule has 1 N–H and O–H groups in total. The van der Waals surface area contributed by atoms with E-state index >= 15 is 0 Å². The van der Waals surface area contributed by atoms with Crippen LogP contribution in [0.1, 0.15) is 31.4 Å². The predicted octanol–water partition coefficient (Wildman–Crippen LogP) is 3.29. The van der Waals surface area contributed by atoms with Gasteiger partial charge in [0, 0.05) is 6.04 Å². The van der Waals surface area contributed by atoms with Crippen molar-refractivity contribution in [3.05, 3.63) is 65.7 Å². The van der Waals surface area contributed by atoms with Gasteiger partial charge in [-0.25, -0.2) is 8.42 Å². The Hall–Kier alpha value is -2.34. The molecule has 6 heteroatoms. The van der Waals surface area contributed by atoms with Crippen LogP contribution >= 0.6 is 0 Å². The molecule has 0 aromatic heterocycles. The topological polar surface area (TPSA) is 66.5 Å². The van der Waals surface area contributed by atoms with E-state index in [1.54, 1.807) is 19.1 Å². The van der Waals surface area contributed by atoms with Crippen LogP contribution in [0.4, 0.5) is 5.69 Å². The van der Waals surface area contributed by atoms with Gasteiger partial charge in [-0.2, -0.15) is 0 Å². The lowest BCUT2D eigenvalue weighted by molar-refractivity contribution is -0.122. The normalized spacial score (nSPS) is 13.6. The molecule has 0 spiro atoms. The fraction of sp³-hybridized carbons (Fsp3) is 0.381. The van der Waals surface area contributed by atoms with Crippen LogP contribution in [0.25, 0.3) is 0 Å². The molecular weight excluding hydrogens is 360 g/mol. The molecule has 0 bridgehead atoms. The molecule has 0 heterocycles. The molecule has 2 aromatic carbocycles. The van der Waals surface area contributed by atoms with E-state index < -0.39 is 16.1 Å². The van der Waals surface area contributed by atoms with Gasteiger partial charge in [0.05, 0.1) is 11.9 Å². The summed E-state index contributed by atoms with van der Waals surface area (Å²) >= 11 is 0. The second kappa shape index (κ2) is 9.04. The van der Waals surface area contributed by atoms with E-state index in [-0.39, 0.29) is 11.9 Å². The number of hydrogen-bond acceptors (Lipinski definition) is 3. The lowest BCUT2D eigenvalue weighted by Crippen LogP contribution is -2.50. The van der Waals surface area contributed by atoms with Gasteiger partial charge in [0.1, 0.15) is 6.04 Å². The van der Waals surface area contributed by atoms with Crippen molar-refractivity contribution in [3.63, 3.8) is 0 Å². The SMILES string of the molecule is Cc1ccc(N(C(C)C(=O)NC(C)CCc2ccccc2)S(C)(=O)=O)cc1. The molecule has 0 radical (unpaired) electrons. The molecule has 2 rings (SSSR count). The number of benzene rings is 2. The summed E-state index contributed by atoms with van der Waals surface area (Å²) < 4.78 is 25.8. The summed E-state index contributed by atoms with van der Waals surface area (Å²) in [5.41, 5.74) is 2.73. The highest BCUT2D eigenvalue weighted by Crippen LogP contribution is 2.21. The Balaban J connectivity index is 2.04. The maximum absolute atomic E-state index is 12.7. The quantitative estimate of drug-likeness (QED) is 0.755. The molecule has 0 saturated carbocycles. The van der Waals surface area contributed by atoms with Gasteiger partial charge in [-0.3, -0.25) is 9.10 Å². The molecule has 5 nitrogen and oxygen atoms in total. The van der Waals surface area contributed by atoms with Crippen LogP contribution in [-0.4, -0.2) is 32.7 Å². The highest BCUT2D eigenvalue weighted by atomic mass is 32.2. The summed E-state index contributed by atoms with van der Waals surface area (Å²) in [6.07, 6.45) is 2.76. The Morgan fingerprint density at radius 3 is 2.19 bits per heavy atom. The zero-order valence-corrected chi connectivity index (χ0v) is 17.2. The fourth-order valence-electron chi connectivity index (χ4n) is 2.96. The Kier molecular flexibility index (Phi) is 7.02. The smallest absolute Gasteiger partial charge is 0.243 e. The van der Waals surface area contributed by atoms with Gasteiger partial charge in [0.15, 0.2) is 0 Å². The number of hydrogen-bond donors (Lipinski definition) is 1. The Labute approximate surface area is 162 Å². The minimum absolute atomic E-state index is 0.0559.